The molecule has 1 unspecified atom stereocenters. The zero-order valence-corrected chi connectivity index (χ0v) is 12.0. The van der Waals surface area contributed by atoms with Crippen molar-refractivity contribution >= 4 is 11.6 Å². The molecular formula is C14H21ClO3. The van der Waals surface area contributed by atoms with Gasteiger partial charge in [0.1, 0.15) is 17.2 Å². The van der Waals surface area contributed by atoms with Gasteiger partial charge in [-0.2, -0.15) is 0 Å². The highest BCUT2D eigenvalue weighted by molar-refractivity contribution is 6.17. The third-order valence-corrected chi connectivity index (χ3v) is 3.02. The van der Waals surface area contributed by atoms with Crippen molar-refractivity contribution < 1.29 is 14.2 Å². The molecule has 0 fully saturated rings. The van der Waals surface area contributed by atoms with Gasteiger partial charge >= 0.3 is 0 Å². The molecule has 0 spiro atoms. The van der Waals surface area contributed by atoms with E-state index in [0.29, 0.717) is 18.4 Å². The summed E-state index contributed by atoms with van der Waals surface area (Å²) in [5.74, 6) is 3.52. The summed E-state index contributed by atoms with van der Waals surface area (Å²) in [7, 11) is 3.25. The lowest BCUT2D eigenvalue weighted by molar-refractivity contribution is 0.278. The molecule has 0 bridgehead atoms. The van der Waals surface area contributed by atoms with E-state index in [1.54, 1.807) is 14.2 Å². The molecule has 0 N–H and O–H groups in total. The van der Waals surface area contributed by atoms with Gasteiger partial charge in [0.05, 0.1) is 20.8 Å². The van der Waals surface area contributed by atoms with Crippen molar-refractivity contribution in [2.75, 3.05) is 26.7 Å². The second kappa shape index (κ2) is 8.09. The summed E-state index contributed by atoms with van der Waals surface area (Å²) in [5.41, 5.74) is 0. The Morgan fingerprint density at radius 1 is 1.00 bits per heavy atom. The molecule has 0 aromatic heterocycles. The number of ether oxygens (including phenoxy) is 3. The molecule has 0 saturated carbocycles. The number of hydrogen-bond donors (Lipinski definition) is 0. The largest absolute Gasteiger partial charge is 0.496 e. The predicted molar refractivity (Wildman–Crippen MR) is 74.2 cm³/mol. The standard InChI is InChI=1S/C14H21ClO3/c1-11(4-6-15)5-7-18-14-9-12(16-2)8-13(10-14)17-3/h8-11H,4-7H2,1-3H3. The van der Waals surface area contributed by atoms with Crippen LogP contribution in [-0.2, 0) is 0 Å². The lowest BCUT2D eigenvalue weighted by atomic mass is 10.1. The van der Waals surface area contributed by atoms with Crippen molar-refractivity contribution in [3.8, 4) is 17.2 Å². The lowest BCUT2D eigenvalue weighted by Crippen LogP contribution is -2.05. The predicted octanol–water partition coefficient (Wildman–Crippen LogP) is 3.74. The van der Waals surface area contributed by atoms with Gasteiger partial charge in [0.15, 0.2) is 0 Å². The number of benzene rings is 1. The van der Waals surface area contributed by atoms with Gasteiger partial charge in [-0.1, -0.05) is 6.92 Å². The Labute approximate surface area is 114 Å². The van der Waals surface area contributed by atoms with E-state index in [9.17, 15) is 0 Å². The quantitative estimate of drug-likeness (QED) is 0.675. The molecule has 0 amide bonds. The van der Waals surface area contributed by atoms with E-state index in [1.165, 1.54) is 0 Å². The smallest absolute Gasteiger partial charge is 0.126 e. The zero-order chi connectivity index (χ0) is 13.4. The van der Waals surface area contributed by atoms with E-state index in [1.807, 2.05) is 18.2 Å². The summed E-state index contributed by atoms with van der Waals surface area (Å²) in [5, 5.41) is 0. The van der Waals surface area contributed by atoms with Crippen molar-refractivity contribution in [1.29, 1.82) is 0 Å². The second-order valence-electron chi connectivity index (χ2n) is 4.27. The topological polar surface area (TPSA) is 27.7 Å². The zero-order valence-electron chi connectivity index (χ0n) is 11.2. The average molecular weight is 273 g/mol. The molecule has 0 radical (unpaired) electrons. The van der Waals surface area contributed by atoms with Gasteiger partial charge in [-0.3, -0.25) is 0 Å². The fraction of sp³-hybridized carbons (Fsp3) is 0.571. The Kier molecular flexibility index (Phi) is 6.73. The molecule has 3 nitrogen and oxygen atoms in total. The van der Waals surface area contributed by atoms with Gasteiger partial charge in [0.2, 0.25) is 0 Å². The Morgan fingerprint density at radius 3 is 2.06 bits per heavy atom. The van der Waals surface area contributed by atoms with Gasteiger partial charge in [-0.05, 0) is 18.8 Å². The minimum Gasteiger partial charge on any atom is -0.496 e. The van der Waals surface area contributed by atoms with Crippen molar-refractivity contribution in [3.05, 3.63) is 18.2 Å². The van der Waals surface area contributed by atoms with Crippen LogP contribution in [0, 0.1) is 5.92 Å². The summed E-state index contributed by atoms with van der Waals surface area (Å²) >= 11 is 5.70. The Hall–Kier alpha value is -1.09. The minimum atomic E-state index is 0.579. The maximum atomic E-state index is 5.70. The molecule has 0 aliphatic carbocycles. The van der Waals surface area contributed by atoms with Crippen LogP contribution in [0.2, 0.25) is 0 Å². The van der Waals surface area contributed by atoms with Gasteiger partial charge in [0.25, 0.3) is 0 Å². The monoisotopic (exact) mass is 272 g/mol. The van der Waals surface area contributed by atoms with Crippen LogP contribution in [0.1, 0.15) is 19.8 Å². The molecular weight excluding hydrogens is 252 g/mol. The SMILES string of the molecule is COc1cc(OC)cc(OCCC(C)CCCl)c1. The highest BCUT2D eigenvalue weighted by Gasteiger charge is 2.05. The summed E-state index contributed by atoms with van der Waals surface area (Å²) < 4.78 is 16.1. The summed E-state index contributed by atoms with van der Waals surface area (Å²) in [6, 6.07) is 5.53. The van der Waals surface area contributed by atoms with Crippen molar-refractivity contribution in [1.82, 2.24) is 0 Å². The normalized spacial score (nSPS) is 12.0. The maximum absolute atomic E-state index is 5.70. The van der Waals surface area contributed by atoms with Crippen LogP contribution in [0.25, 0.3) is 0 Å². The highest BCUT2D eigenvalue weighted by Crippen LogP contribution is 2.27. The van der Waals surface area contributed by atoms with Gasteiger partial charge < -0.3 is 14.2 Å². The van der Waals surface area contributed by atoms with E-state index in [2.05, 4.69) is 6.92 Å². The third-order valence-electron chi connectivity index (χ3n) is 2.81. The maximum Gasteiger partial charge on any atom is 0.126 e. The minimum absolute atomic E-state index is 0.579. The van der Waals surface area contributed by atoms with Gasteiger partial charge in [-0.25, -0.2) is 0 Å². The Morgan fingerprint density at radius 2 is 1.56 bits per heavy atom. The van der Waals surface area contributed by atoms with E-state index < -0.39 is 0 Å². The van der Waals surface area contributed by atoms with Crippen LogP contribution in [0.5, 0.6) is 17.2 Å². The number of methoxy groups -OCH3 is 2. The number of rotatable bonds is 8. The van der Waals surface area contributed by atoms with Crippen molar-refractivity contribution in [2.24, 2.45) is 5.92 Å². The average Bonchev–Trinajstić information content (AvgIpc) is 2.38. The van der Waals surface area contributed by atoms with E-state index in [-0.39, 0.29) is 0 Å². The van der Waals surface area contributed by atoms with E-state index >= 15 is 0 Å². The lowest BCUT2D eigenvalue weighted by Gasteiger charge is -2.12. The first-order valence-corrected chi connectivity index (χ1v) is 6.65. The number of hydrogen-bond acceptors (Lipinski definition) is 3. The second-order valence-corrected chi connectivity index (χ2v) is 4.65. The highest BCUT2D eigenvalue weighted by atomic mass is 35.5. The molecule has 1 rings (SSSR count). The summed E-state index contributed by atoms with van der Waals surface area (Å²) in [4.78, 5) is 0. The van der Waals surface area contributed by atoms with Crippen molar-refractivity contribution in [2.45, 2.75) is 19.8 Å². The molecule has 0 heterocycles. The van der Waals surface area contributed by atoms with Crippen LogP contribution >= 0.6 is 11.6 Å². The summed E-state index contributed by atoms with van der Waals surface area (Å²) in [6.07, 6.45) is 2.01. The van der Waals surface area contributed by atoms with Crippen LogP contribution < -0.4 is 14.2 Å². The van der Waals surface area contributed by atoms with Crippen molar-refractivity contribution in [3.63, 3.8) is 0 Å². The van der Waals surface area contributed by atoms with E-state index in [4.69, 9.17) is 25.8 Å². The molecule has 1 aromatic carbocycles. The van der Waals surface area contributed by atoms with Crippen LogP contribution in [0.4, 0.5) is 0 Å². The van der Waals surface area contributed by atoms with E-state index in [0.717, 1.165) is 30.1 Å². The van der Waals surface area contributed by atoms with Gasteiger partial charge in [0, 0.05) is 24.1 Å². The van der Waals surface area contributed by atoms with Gasteiger partial charge in [-0.15, -0.1) is 11.6 Å². The van der Waals surface area contributed by atoms with Crippen LogP contribution in [0.3, 0.4) is 0 Å². The fourth-order valence-corrected chi connectivity index (χ4v) is 1.95. The first kappa shape index (κ1) is 15.0. The van der Waals surface area contributed by atoms with Crippen LogP contribution in [0.15, 0.2) is 18.2 Å². The molecule has 1 atom stereocenters. The Bertz CT molecular complexity index is 333. The third kappa shape index (κ3) is 5.05. The first-order valence-electron chi connectivity index (χ1n) is 6.11. The Balaban J connectivity index is 2.50. The first-order chi connectivity index (χ1) is 8.69. The molecule has 0 aliphatic rings. The number of alkyl halides is 1. The molecule has 4 heteroatoms. The fourth-order valence-electron chi connectivity index (χ4n) is 1.57. The molecule has 102 valence electrons. The molecule has 0 aliphatic heterocycles. The summed E-state index contributed by atoms with van der Waals surface area (Å²) in [6.45, 7) is 2.85. The number of halogens is 1. The molecule has 18 heavy (non-hydrogen) atoms. The van der Waals surface area contributed by atoms with Crippen LogP contribution in [-0.4, -0.2) is 26.7 Å². The molecule has 1 aromatic rings. The molecule has 0 saturated heterocycles.